The van der Waals surface area contributed by atoms with Crippen molar-refractivity contribution >= 4 is 11.9 Å². The summed E-state index contributed by atoms with van der Waals surface area (Å²) in [4.78, 5) is 46.9. The first kappa shape index (κ1) is 18.8. The van der Waals surface area contributed by atoms with E-state index in [2.05, 4.69) is 0 Å². The van der Waals surface area contributed by atoms with Crippen LogP contribution in [-0.4, -0.2) is 56.6 Å². The lowest BCUT2D eigenvalue weighted by Crippen LogP contribution is -2.36. The molecule has 1 aromatic heterocycles. The number of rotatable bonds is 6. The number of aromatic nitrogens is 2. The number of nitrogens with zero attached hydrogens (tertiary/aromatic N) is 1. The third kappa shape index (κ3) is 4.29. The van der Waals surface area contributed by atoms with Crippen molar-refractivity contribution in [3.8, 4) is 0 Å². The number of ether oxygens (including phenoxy) is 2. The second-order valence-electron chi connectivity index (χ2n) is 5.37. The first-order valence-corrected chi connectivity index (χ1v) is 7.18. The fraction of sp³-hybridized carbons (Fsp3) is 0.538. The molecule has 1 fully saturated rings. The second-order valence-corrected chi connectivity index (χ2v) is 5.37. The molecule has 1 aliphatic heterocycles. The number of nitrogens with two attached hydrogens (primary N) is 1. The smallest absolute Gasteiger partial charge is 0.330 e. The van der Waals surface area contributed by atoms with Gasteiger partial charge >= 0.3 is 17.6 Å². The zero-order valence-corrected chi connectivity index (χ0v) is 12.8. The maximum absolute atomic E-state index is 13.4. The molecule has 138 valence electrons. The third-order valence-corrected chi connectivity index (χ3v) is 3.58. The Bertz CT molecular complexity index is 775. The Labute approximate surface area is 138 Å². The van der Waals surface area contributed by atoms with Gasteiger partial charge < -0.3 is 25.4 Å². The van der Waals surface area contributed by atoms with Gasteiger partial charge in [0.05, 0.1) is 19.2 Å². The van der Waals surface area contributed by atoms with E-state index in [0.717, 1.165) is 4.57 Å². The van der Waals surface area contributed by atoms with Crippen molar-refractivity contribution < 1.29 is 33.7 Å². The molecular weight excluding hydrogens is 345 g/mol. The quantitative estimate of drug-likeness (QED) is 0.405. The Morgan fingerprint density at radius 1 is 1.52 bits per heavy atom. The maximum Gasteiger partial charge on any atom is 0.330 e. The third-order valence-electron chi connectivity index (χ3n) is 3.58. The molecule has 12 heteroatoms. The summed E-state index contributed by atoms with van der Waals surface area (Å²) in [6.07, 6.45) is -3.19. The van der Waals surface area contributed by atoms with Crippen molar-refractivity contribution in [1.29, 1.82) is 0 Å². The lowest BCUT2D eigenvalue weighted by molar-refractivity contribution is -0.156. The van der Waals surface area contributed by atoms with Crippen LogP contribution in [-0.2, 0) is 19.1 Å². The van der Waals surface area contributed by atoms with E-state index in [1.54, 1.807) is 4.98 Å². The zero-order valence-electron chi connectivity index (χ0n) is 12.8. The number of hydrogen-bond acceptors (Lipinski definition) is 8. The minimum Gasteiger partial charge on any atom is -0.480 e. The summed E-state index contributed by atoms with van der Waals surface area (Å²) in [6.45, 7) is -0.569. The number of aliphatic hydroxyl groups is 1. The molecule has 5 N–H and O–H groups in total. The summed E-state index contributed by atoms with van der Waals surface area (Å²) in [7, 11) is 0. The van der Waals surface area contributed by atoms with Crippen LogP contribution >= 0.6 is 0 Å². The maximum atomic E-state index is 13.4. The van der Waals surface area contributed by atoms with Gasteiger partial charge in [-0.05, 0) is 0 Å². The molecule has 11 nitrogen and oxygen atoms in total. The predicted molar refractivity (Wildman–Crippen MR) is 77.0 cm³/mol. The molecule has 0 spiro atoms. The number of aromatic amines is 1. The number of carbonyl (C=O) groups excluding carboxylic acids is 1. The lowest BCUT2D eigenvalue weighted by Gasteiger charge is -2.17. The number of carbonyl (C=O) groups is 2. The number of esters is 1. The van der Waals surface area contributed by atoms with Crippen molar-refractivity contribution in [1.82, 2.24) is 9.55 Å². The average Bonchev–Trinajstić information content (AvgIpc) is 2.93. The minimum absolute atomic E-state index is 0.120. The van der Waals surface area contributed by atoms with Crippen molar-refractivity contribution in [2.45, 2.75) is 37.3 Å². The van der Waals surface area contributed by atoms with Crippen LogP contribution in [0.2, 0.25) is 0 Å². The van der Waals surface area contributed by atoms with Crippen LogP contribution in [0.25, 0.3) is 0 Å². The van der Waals surface area contributed by atoms with E-state index in [0.29, 0.717) is 6.20 Å². The first-order valence-electron chi connectivity index (χ1n) is 7.18. The summed E-state index contributed by atoms with van der Waals surface area (Å²) in [5.41, 5.74) is 3.10. The van der Waals surface area contributed by atoms with Crippen LogP contribution in [0, 0.1) is 5.82 Å². The molecule has 0 aliphatic carbocycles. The highest BCUT2D eigenvalue weighted by atomic mass is 19.1. The molecule has 0 bridgehead atoms. The molecule has 2 heterocycles. The van der Waals surface area contributed by atoms with Crippen molar-refractivity contribution in [3.63, 3.8) is 0 Å². The monoisotopic (exact) mass is 361 g/mol. The molecule has 0 saturated carbocycles. The molecule has 1 aromatic rings. The van der Waals surface area contributed by atoms with Crippen molar-refractivity contribution in [2.75, 3.05) is 6.61 Å². The molecule has 1 saturated heterocycles. The van der Waals surface area contributed by atoms with Crippen molar-refractivity contribution in [3.05, 3.63) is 32.9 Å². The van der Waals surface area contributed by atoms with E-state index in [1.807, 2.05) is 0 Å². The van der Waals surface area contributed by atoms with Gasteiger partial charge in [0.15, 0.2) is 0 Å². The minimum atomic E-state index is -1.45. The molecule has 0 aromatic carbocycles. The molecular formula is C13H16FN3O8. The normalized spacial score (nSPS) is 24.0. The van der Waals surface area contributed by atoms with E-state index < -0.39 is 66.5 Å². The molecule has 0 radical (unpaired) electrons. The number of aliphatic carboxylic acids is 1. The summed E-state index contributed by atoms with van der Waals surface area (Å²) in [6, 6.07) is -1.45. The Morgan fingerprint density at radius 3 is 2.80 bits per heavy atom. The largest absolute Gasteiger partial charge is 0.480 e. The Hall–Kier alpha value is -2.57. The molecule has 0 amide bonds. The molecule has 0 unspecified atom stereocenters. The lowest BCUT2D eigenvalue weighted by atomic mass is 10.1. The van der Waals surface area contributed by atoms with Gasteiger partial charge in [-0.2, -0.15) is 4.39 Å². The SMILES string of the molecule is N[C@@H](CC(=O)O[C@H]1C[C@H](n2cc(F)c(=O)[nH]c2=O)O[C@@H]1CO)C(=O)O. The van der Waals surface area contributed by atoms with Gasteiger partial charge in [0, 0.05) is 6.42 Å². The summed E-state index contributed by atoms with van der Waals surface area (Å²) >= 11 is 0. The predicted octanol–water partition coefficient (Wildman–Crippen LogP) is -2.33. The zero-order chi connectivity index (χ0) is 18.7. The van der Waals surface area contributed by atoms with E-state index in [1.165, 1.54) is 0 Å². The van der Waals surface area contributed by atoms with Gasteiger partial charge in [-0.3, -0.25) is 23.9 Å². The molecule has 2 rings (SSSR count). The second kappa shape index (κ2) is 7.55. The van der Waals surface area contributed by atoms with Crippen LogP contribution in [0.4, 0.5) is 4.39 Å². The van der Waals surface area contributed by atoms with Crippen LogP contribution in [0.3, 0.4) is 0 Å². The van der Waals surface area contributed by atoms with E-state index >= 15 is 0 Å². The topological polar surface area (TPSA) is 174 Å². The van der Waals surface area contributed by atoms with Gasteiger partial charge in [-0.25, -0.2) is 4.79 Å². The summed E-state index contributed by atoms with van der Waals surface area (Å²) < 4.78 is 24.5. The number of nitrogens with one attached hydrogen (secondary N) is 1. The number of carboxylic acids is 1. The van der Waals surface area contributed by atoms with Crippen molar-refractivity contribution in [2.24, 2.45) is 5.73 Å². The highest BCUT2D eigenvalue weighted by molar-refractivity contribution is 5.81. The van der Waals surface area contributed by atoms with E-state index in [-0.39, 0.29) is 6.42 Å². The number of carboxylic acid groups (broad SMARTS) is 1. The molecule has 25 heavy (non-hydrogen) atoms. The molecule has 4 atom stereocenters. The van der Waals surface area contributed by atoms with Gasteiger partial charge in [-0.1, -0.05) is 0 Å². The van der Waals surface area contributed by atoms with Crippen LogP contribution < -0.4 is 17.0 Å². The van der Waals surface area contributed by atoms with E-state index in [4.69, 9.17) is 20.3 Å². The summed E-state index contributed by atoms with van der Waals surface area (Å²) in [5.74, 6) is -3.52. The Morgan fingerprint density at radius 2 is 2.20 bits per heavy atom. The van der Waals surface area contributed by atoms with Gasteiger partial charge in [-0.15, -0.1) is 0 Å². The molecule has 1 aliphatic rings. The fourth-order valence-corrected chi connectivity index (χ4v) is 2.32. The number of hydrogen-bond donors (Lipinski definition) is 4. The van der Waals surface area contributed by atoms with Gasteiger partial charge in [0.2, 0.25) is 5.82 Å². The fourth-order valence-electron chi connectivity index (χ4n) is 2.32. The van der Waals surface area contributed by atoms with Crippen LogP contribution in [0.5, 0.6) is 0 Å². The Kier molecular flexibility index (Phi) is 5.66. The number of aliphatic hydroxyl groups excluding tert-OH is 1. The average molecular weight is 361 g/mol. The highest BCUT2D eigenvalue weighted by Crippen LogP contribution is 2.30. The number of H-pyrrole nitrogens is 1. The van der Waals surface area contributed by atoms with Gasteiger partial charge in [0.25, 0.3) is 5.56 Å². The number of halogens is 1. The van der Waals surface area contributed by atoms with Crippen LogP contribution in [0.15, 0.2) is 15.8 Å². The van der Waals surface area contributed by atoms with E-state index in [9.17, 15) is 28.7 Å². The summed E-state index contributed by atoms with van der Waals surface area (Å²) in [5, 5.41) is 18.0. The van der Waals surface area contributed by atoms with Crippen LogP contribution in [0.1, 0.15) is 19.1 Å². The Balaban J connectivity index is 2.11. The highest BCUT2D eigenvalue weighted by Gasteiger charge is 2.39. The van der Waals surface area contributed by atoms with Gasteiger partial charge in [0.1, 0.15) is 24.5 Å². The first-order chi connectivity index (χ1) is 11.7. The standard InChI is InChI=1S/C13H16FN3O8/c14-5-3-17(13(23)16-11(5)20)9-2-7(8(4-18)24-9)25-10(19)1-6(15)12(21)22/h3,6-9,18H,1-2,4,15H2,(H,21,22)(H,16,20,23)/t6-,7-,8+,9+/m0/s1.